The maximum Gasteiger partial charge on any atom is 0.182 e. The van der Waals surface area contributed by atoms with Crippen LogP contribution in [-0.4, -0.2) is 41.0 Å². The lowest BCUT2D eigenvalue weighted by Gasteiger charge is -2.03. The molecule has 2 aromatic rings. The molecule has 0 atom stereocenters. The molecule has 0 aromatic carbocycles. The Kier molecular flexibility index (Phi) is 4.41. The quantitative estimate of drug-likeness (QED) is 0.760. The van der Waals surface area contributed by atoms with E-state index in [-0.39, 0.29) is 16.5 Å². The van der Waals surface area contributed by atoms with Crippen LogP contribution in [-0.2, 0) is 9.84 Å². The van der Waals surface area contributed by atoms with Crippen LogP contribution in [0.1, 0.15) is 19.8 Å². The monoisotopic (exact) mass is 310 g/mol. The standard InChI is InChI=1S/C12H18N6O2S/c1-3-4-5-16-12-10(21(2,19)20)11(13)18(17-12)9-8-14-6-7-15-9/h6-8H,3-5,13H2,1-2H3,(H,16,17). The molecule has 0 bridgehead atoms. The first-order valence-corrected chi connectivity index (χ1v) is 8.43. The molecule has 0 aliphatic heterocycles. The third-order valence-electron chi connectivity index (χ3n) is 2.84. The summed E-state index contributed by atoms with van der Waals surface area (Å²) in [5.41, 5.74) is 5.94. The minimum atomic E-state index is -3.51. The average Bonchev–Trinajstić information content (AvgIpc) is 2.77. The first-order chi connectivity index (χ1) is 9.95. The predicted octanol–water partition coefficient (Wildman–Crippen LogP) is 0.860. The molecule has 9 heteroatoms. The van der Waals surface area contributed by atoms with Crippen molar-refractivity contribution in [2.45, 2.75) is 24.7 Å². The van der Waals surface area contributed by atoms with Crippen molar-refractivity contribution in [3.05, 3.63) is 18.6 Å². The first kappa shape index (κ1) is 15.2. The molecule has 0 spiro atoms. The highest BCUT2D eigenvalue weighted by molar-refractivity contribution is 7.91. The highest BCUT2D eigenvalue weighted by Crippen LogP contribution is 2.28. The summed E-state index contributed by atoms with van der Waals surface area (Å²) in [5, 5.41) is 7.23. The van der Waals surface area contributed by atoms with Crippen LogP contribution in [0.15, 0.2) is 23.5 Å². The molecule has 114 valence electrons. The molecule has 0 aliphatic carbocycles. The van der Waals surface area contributed by atoms with E-state index in [4.69, 9.17) is 5.73 Å². The lowest BCUT2D eigenvalue weighted by Crippen LogP contribution is -2.08. The molecule has 0 unspecified atom stereocenters. The van der Waals surface area contributed by atoms with E-state index in [9.17, 15) is 8.42 Å². The molecule has 0 aliphatic rings. The minimum absolute atomic E-state index is 0.00995. The normalized spacial score (nSPS) is 11.5. The number of rotatable bonds is 6. The van der Waals surface area contributed by atoms with Crippen LogP contribution in [0.4, 0.5) is 11.6 Å². The minimum Gasteiger partial charge on any atom is -0.382 e. The number of nitrogens with two attached hydrogens (primary N) is 1. The number of sulfone groups is 1. The maximum absolute atomic E-state index is 11.9. The number of unbranched alkanes of at least 4 members (excludes halogenated alkanes) is 1. The summed E-state index contributed by atoms with van der Waals surface area (Å²) in [4.78, 5) is 8.00. The molecule has 0 radical (unpaired) electrons. The maximum atomic E-state index is 11.9. The molecule has 2 rings (SSSR count). The number of aromatic nitrogens is 4. The van der Waals surface area contributed by atoms with Crippen LogP contribution < -0.4 is 11.1 Å². The molecule has 0 amide bonds. The van der Waals surface area contributed by atoms with Gasteiger partial charge < -0.3 is 11.1 Å². The Balaban J connectivity index is 2.50. The zero-order valence-electron chi connectivity index (χ0n) is 11.9. The Labute approximate surface area is 123 Å². The number of anilines is 2. The van der Waals surface area contributed by atoms with E-state index in [1.807, 2.05) is 6.92 Å². The van der Waals surface area contributed by atoms with Crippen LogP contribution >= 0.6 is 0 Å². The van der Waals surface area contributed by atoms with E-state index in [1.165, 1.54) is 23.3 Å². The predicted molar refractivity (Wildman–Crippen MR) is 80.1 cm³/mol. The van der Waals surface area contributed by atoms with Crippen LogP contribution in [0.25, 0.3) is 5.82 Å². The van der Waals surface area contributed by atoms with Crippen molar-refractivity contribution in [2.24, 2.45) is 0 Å². The third-order valence-corrected chi connectivity index (χ3v) is 3.98. The van der Waals surface area contributed by atoms with E-state index in [1.54, 1.807) is 0 Å². The van der Waals surface area contributed by atoms with Gasteiger partial charge in [-0.1, -0.05) is 13.3 Å². The molecular weight excluding hydrogens is 292 g/mol. The lowest BCUT2D eigenvalue weighted by atomic mass is 10.3. The Hall–Kier alpha value is -2.16. The summed E-state index contributed by atoms with van der Waals surface area (Å²) < 4.78 is 25.2. The Morgan fingerprint density at radius 1 is 1.38 bits per heavy atom. The number of hydrogen-bond acceptors (Lipinski definition) is 7. The molecule has 2 aromatic heterocycles. The Morgan fingerprint density at radius 3 is 2.71 bits per heavy atom. The van der Waals surface area contributed by atoms with Gasteiger partial charge in [-0.3, -0.25) is 4.98 Å². The second-order valence-corrected chi connectivity index (χ2v) is 6.54. The van der Waals surface area contributed by atoms with Gasteiger partial charge in [-0.05, 0) is 6.42 Å². The molecule has 8 nitrogen and oxygen atoms in total. The second kappa shape index (κ2) is 6.08. The molecule has 2 heterocycles. The lowest BCUT2D eigenvalue weighted by molar-refractivity contribution is 0.602. The van der Waals surface area contributed by atoms with Crippen LogP contribution in [0.5, 0.6) is 0 Å². The van der Waals surface area contributed by atoms with Gasteiger partial charge in [0.05, 0.1) is 6.20 Å². The number of nitrogens with one attached hydrogen (secondary N) is 1. The summed E-state index contributed by atoms with van der Waals surface area (Å²) in [6, 6.07) is 0. The first-order valence-electron chi connectivity index (χ1n) is 6.54. The molecule has 21 heavy (non-hydrogen) atoms. The fourth-order valence-corrected chi connectivity index (χ4v) is 2.79. The van der Waals surface area contributed by atoms with Crippen LogP contribution in [0.2, 0.25) is 0 Å². The summed E-state index contributed by atoms with van der Waals surface area (Å²) >= 11 is 0. The fraction of sp³-hybridized carbons (Fsp3) is 0.417. The van der Waals surface area contributed by atoms with Gasteiger partial charge in [0, 0.05) is 25.2 Å². The van der Waals surface area contributed by atoms with Crippen molar-refractivity contribution in [3.8, 4) is 5.82 Å². The van der Waals surface area contributed by atoms with Crippen LogP contribution in [0.3, 0.4) is 0 Å². The van der Waals surface area contributed by atoms with Gasteiger partial charge in [0.2, 0.25) is 0 Å². The van der Waals surface area contributed by atoms with Gasteiger partial charge in [-0.2, -0.15) is 4.68 Å². The Morgan fingerprint density at radius 2 is 2.14 bits per heavy atom. The smallest absolute Gasteiger partial charge is 0.182 e. The van der Waals surface area contributed by atoms with E-state index in [0.29, 0.717) is 12.4 Å². The number of nitrogens with zero attached hydrogens (tertiary/aromatic N) is 4. The van der Waals surface area contributed by atoms with Gasteiger partial charge in [0.1, 0.15) is 5.82 Å². The topological polar surface area (TPSA) is 116 Å². The summed E-state index contributed by atoms with van der Waals surface area (Å²) in [5.74, 6) is 0.634. The van der Waals surface area contributed by atoms with E-state index >= 15 is 0 Å². The fourth-order valence-electron chi connectivity index (χ4n) is 1.86. The van der Waals surface area contributed by atoms with Crippen molar-refractivity contribution in [3.63, 3.8) is 0 Å². The zero-order valence-corrected chi connectivity index (χ0v) is 12.8. The molecule has 0 saturated carbocycles. The molecule has 0 saturated heterocycles. The van der Waals surface area contributed by atoms with Gasteiger partial charge >= 0.3 is 0 Å². The summed E-state index contributed by atoms with van der Waals surface area (Å²) in [6.07, 6.45) is 7.46. The number of hydrogen-bond donors (Lipinski definition) is 2. The number of nitrogen functional groups attached to an aromatic ring is 1. The van der Waals surface area contributed by atoms with E-state index in [2.05, 4.69) is 20.4 Å². The van der Waals surface area contributed by atoms with Crippen molar-refractivity contribution in [1.82, 2.24) is 19.7 Å². The zero-order chi connectivity index (χ0) is 15.5. The van der Waals surface area contributed by atoms with Crippen molar-refractivity contribution < 1.29 is 8.42 Å². The highest BCUT2D eigenvalue weighted by atomic mass is 32.2. The molecule has 3 N–H and O–H groups in total. The van der Waals surface area contributed by atoms with Crippen molar-refractivity contribution >= 4 is 21.5 Å². The van der Waals surface area contributed by atoms with E-state index < -0.39 is 9.84 Å². The van der Waals surface area contributed by atoms with Gasteiger partial charge in [-0.25, -0.2) is 13.4 Å². The van der Waals surface area contributed by atoms with Gasteiger partial charge in [0.15, 0.2) is 26.4 Å². The third kappa shape index (κ3) is 3.30. The van der Waals surface area contributed by atoms with E-state index in [0.717, 1.165) is 19.1 Å². The Bertz CT molecular complexity index is 711. The van der Waals surface area contributed by atoms with Crippen molar-refractivity contribution in [2.75, 3.05) is 23.9 Å². The molecule has 0 fully saturated rings. The highest BCUT2D eigenvalue weighted by Gasteiger charge is 2.25. The average molecular weight is 310 g/mol. The molecular formula is C12H18N6O2S. The second-order valence-electron chi connectivity index (χ2n) is 4.59. The van der Waals surface area contributed by atoms with Crippen LogP contribution in [0, 0.1) is 0 Å². The van der Waals surface area contributed by atoms with Gasteiger partial charge in [-0.15, -0.1) is 5.10 Å². The summed E-state index contributed by atoms with van der Waals surface area (Å²) in [7, 11) is -3.51. The SMILES string of the molecule is CCCCNc1nn(-c2cnccn2)c(N)c1S(C)(=O)=O. The van der Waals surface area contributed by atoms with Gasteiger partial charge in [0.25, 0.3) is 0 Å². The summed E-state index contributed by atoms with van der Waals surface area (Å²) in [6.45, 7) is 2.67. The largest absolute Gasteiger partial charge is 0.382 e. The van der Waals surface area contributed by atoms with Crippen molar-refractivity contribution in [1.29, 1.82) is 0 Å².